The zero-order chi connectivity index (χ0) is 20.4. The van der Waals surface area contributed by atoms with E-state index in [4.69, 9.17) is 0 Å². The van der Waals surface area contributed by atoms with Crippen LogP contribution in [-0.2, 0) is 4.79 Å². The van der Waals surface area contributed by atoms with Crippen molar-refractivity contribution in [1.29, 1.82) is 0 Å². The van der Waals surface area contributed by atoms with Gasteiger partial charge in [-0.05, 0) is 80.5 Å². The third-order valence-corrected chi connectivity index (χ3v) is 7.48. The van der Waals surface area contributed by atoms with E-state index in [1.165, 1.54) is 44.2 Å². The van der Waals surface area contributed by atoms with Gasteiger partial charge in [0.05, 0.1) is 6.10 Å². The molecule has 0 bridgehead atoms. The Hall–Kier alpha value is -1.46. The number of β-amino-alcohol motifs (C(OH)–C–C–N with tert-alkyl or cyclic N) is 1. The van der Waals surface area contributed by atoms with E-state index < -0.39 is 0 Å². The molecule has 5 heteroatoms. The van der Waals surface area contributed by atoms with Crippen LogP contribution in [0.4, 0.5) is 10.1 Å². The van der Waals surface area contributed by atoms with Crippen LogP contribution in [0, 0.1) is 30.0 Å². The van der Waals surface area contributed by atoms with Gasteiger partial charge >= 0.3 is 0 Å². The lowest BCUT2D eigenvalue weighted by Crippen LogP contribution is -2.59. The van der Waals surface area contributed by atoms with Crippen molar-refractivity contribution < 1.29 is 14.3 Å². The smallest absolute Gasteiger partial charge is 0.227 e. The molecule has 1 aliphatic heterocycles. The van der Waals surface area contributed by atoms with Crippen LogP contribution in [0.3, 0.4) is 0 Å². The summed E-state index contributed by atoms with van der Waals surface area (Å²) in [7, 11) is 0. The first-order valence-electron chi connectivity index (χ1n) is 11.4. The van der Waals surface area contributed by atoms with Gasteiger partial charge < -0.3 is 10.4 Å². The molecule has 1 atom stereocenters. The number of likely N-dealkylation sites (tertiary alicyclic amines) is 1. The molecular weight excluding hydrogens is 367 g/mol. The molecule has 1 spiro atoms. The van der Waals surface area contributed by atoms with E-state index in [-0.39, 0.29) is 23.7 Å². The number of benzene rings is 1. The van der Waals surface area contributed by atoms with Crippen molar-refractivity contribution in [3.8, 4) is 0 Å². The van der Waals surface area contributed by atoms with Crippen molar-refractivity contribution >= 4 is 11.6 Å². The van der Waals surface area contributed by atoms with E-state index in [9.17, 15) is 14.3 Å². The lowest BCUT2D eigenvalue weighted by atomic mass is 9.65. The summed E-state index contributed by atoms with van der Waals surface area (Å²) in [6.45, 7) is 4.77. The van der Waals surface area contributed by atoms with E-state index in [0.29, 0.717) is 17.0 Å². The number of halogens is 1. The van der Waals surface area contributed by atoms with Gasteiger partial charge in [0.1, 0.15) is 5.82 Å². The lowest BCUT2D eigenvalue weighted by Gasteiger charge is -2.54. The van der Waals surface area contributed by atoms with Gasteiger partial charge in [0.2, 0.25) is 5.91 Å². The van der Waals surface area contributed by atoms with Crippen molar-refractivity contribution in [3.63, 3.8) is 0 Å². The molecule has 1 aromatic carbocycles. The predicted octanol–water partition coefficient (Wildman–Crippen LogP) is 4.51. The molecule has 0 aromatic heterocycles. The Kier molecular flexibility index (Phi) is 6.26. The van der Waals surface area contributed by atoms with E-state index in [2.05, 4.69) is 10.2 Å². The number of nitrogens with one attached hydrogen (secondary N) is 1. The second-order valence-corrected chi connectivity index (χ2v) is 9.92. The Morgan fingerprint density at radius 3 is 2.52 bits per heavy atom. The third-order valence-electron chi connectivity index (χ3n) is 7.48. The molecule has 3 aliphatic rings. The van der Waals surface area contributed by atoms with Gasteiger partial charge in [0, 0.05) is 31.2 Å². The van der Waals surface area contributed by atoms with Gasteiger partial charge in [-0.15, -0.1) is 0 Å². The summed E-state index contributed by atoms with van der Waals surface area (Å²) >= 11 is 0. The van der Waals surface area contributed by atoms with Gasteiger partial charge in [-0.3, -0.25) is 9.69 Å². The number of nitrogens with zero attached hydrogens (tertiary/aromatic N) is 1. The number of hydrogen-bond donors (Lipinski definition) is 2. The fourth-order valence-electron chi connectivity index (χ4n) is 5.83. The molecule has 0 radical (unpaired) electrons. The molecule has 29 heavy (non-hydrogen) atoms. The first kappa shape index (κ1) is 20.8. The van der Waals surface area contributed by atoms with Crippen molar-refractivity contribution in [2.24, 2.45) is 17.3 Å². The second kappa shape index (κ2) is 8.73. The van der Waals surface area contributed by atoms with Gasteiger partial charge in [0.15, 0.2) is 0 Å². The monoisotopic (exact) mass is 402 g/mol. The minimum Gasteiger partial charge on any atom is -0.392 e. The predicted molar refractivity (Wildman–Crippen MR) is 113 cm³/mol. The summed E-state index contributed by atoms with van der Waals surface area (Å²) in [5, 5.41) is 13.5. The van der Waals surface area contributed by atoms with E-state index in [1.54, 1.807) is 0 Å². The summed E-state index contributed by atoms with van der Waals surface area (Å²) < 4.78 is 13.5. The highest BCUT2D eigenvalue weighted by atomic mass is 19.1. The number of amides is 1. The number of carbonyl (C=O) groups is 1. The van der Waals surface area contributed by atoms with Crippen LogP contribution >= 0.6 is 0 Å². The van der Waals surface area contributed by atoms with Crippen LogP contribution in [0.5, 0.6) is 0 Å². The fraction of sp³-hybridized carbons (Fsp3) is 0.708. The maximum Gasteiger partial charge on any atom is 0.227 e. The lowest BCUT2D eigenvalue weighted by molar-refractivity contribution is -0.124. The summed E-state index contributed by atoms with van der Waals surface area (Å²) in [6.07, 6.45) is 10.00. The fourth-order valence-corrected chi connectivity index (χ4v) is 5.83. The highest BCUT2D eigenvalue weighted by Gasteiger charge is 2.46. The molecule has 2 N–H and O–H groups in total. The van der Waals surface area contributed by atoms with Crippen molar-refractivity contribution in [1.82, 2.24) is 4.90 Å². The molecular formula is C24H35FN2O2. The van der Waals surface area contributed by atoms with Crippen molar-refractivity contribution in [2.75, 3.05) is 25.0 Å². The normalized spacial score (nSPS) is 24.2. The molecule has 1 unspecified atom stereocenters. The second-order valence-electron chi connectivity index (χ2n) is 9.92. The van der Waals surface area contributed by atoms with Crippen LogP contribution in [0.1, 0.15) is 63.4 Å². The summed E-state index contributed by atoms with van der Waals surface area (Å²) in [5.41, 5.74) is 1.71. The van der Waals surface area contributed by atoms with E-state index in [1.807, 2.05) is 13.0 Å². The average Bonchev–Trinajstić information content (AvgIpc) is 2.67. The van der Waals surface area contributed by atoms with Crippen LogP contribution in [-0.4, -0.2) is 41.7 Å². The minimum absolute atomic E-state index is 0.0195. The Morgan fingerprint density at radius 2 is 1.86 bits per heavy atom. The van der Waals surface area contributed by atoms with Gasteiger partial charge in [-0.2, -0.15) is 0 Å². The molecule has 4 nitrogen and oxygen atoms in total. The Bertz CT molecular complexity index is 695. The van der Waals surface area contributed by atoms with Gasteiger partial charge in [-0.1, -0.05) is 19.3 Å². The summed E-state index contributed by atoms with van der Waals surface area (Å²) in [5.74, 6) is 0.221. The molecule has 160 valence electrons. The van der Waals surface area contributed by atoms with Crippen LogP contribution in [0.25, 0.3) is 0 Å². The maximum absolute atomic E-state index is 13.5. The third kappa shape index (κ3) is 5.00. The summed E-state index contributed by atoms with van der Waals surface area (Å²) in [4.78, 5) is 15.0. The first-order chi connectivity index (χ1) is 13.9. The standard InChI is InChI=1S/C24H35FN2O2/c1-17-11-20(25)13-21(12-17)26-23(29)19-7-9-24(10-8-19)15-27(16-24)14-22(28)18-5-3-2-4-6-18/h11-13,18-19,22,28H,2-10,14-16H2,1H3,(H,26,29). The SMILES string of the molecule is Cc1cc(F)cc(NC(=O)C2CCC3(CC2)CN(CC(O)C2CCCCC2)C3)c1. The number of aliphatic hydroxyl groups is 1. The number of aliphatic hydroxyl groups excluding tert-OH is 1. The summed E-state index contributed by atoms with van der Waals surface area (Å²) in [6, 6.07) is 4.66. The number of carbonyl (C=O) groups excluding carboxylic acids is 1. The molecule has 2 saturated carbocycles. The molecule has 3 fully saturated rings. The first-order valence-corrected chi connectivity index (χ1v) is 11.4. The topological polar surface area (TPSA) is 52.6 Å². The number of rotatable bonds is 5. The maximum atomic E-state index is 13.5. The average molecular weight is 403 g/mol. The zero-order valence-electron chi connectivity index (χ0n) is 17.6. The number of anilines is 1. The molecule has 1 saturated heterocycles. The largest absolute Gasteiger partial charge is 0.392 e. The van der Waals surface area contributed by atoms with Crippen LogP contribution in [0.2, 0.25) is 0 Å². The molecule has 1 heterocycles. The highest BCUT2D eigenvalue weighted by Crippen LogP contribution is 2.46. The van der Waals surface area contributed by atoms with Crippen molar-refractivity contribution in [3.05, 3.63) is 29.6 Å². The molecule has 1 aromatic rings. The quantitative estimate of drug-likeness (QED) is 0.762. The molecule has 2 aliphatic carbocycles. The van der Waals surface area contributed by atoms with Crippen LogP contribution in [0.15, 0.2) is 18.2 Å². The number of hydrogen-bond acceptors (Lipinski definition) is 3. The van der Waals surface area contributed by atoms with Crippen LogP contribution < -0.4 is 5.32 Å². The van der Waals surface area contributed by atoms with E-state index in [0.717, 1.165) is 50.9 Å². The number of aryl methyl sites for hydroxylation is 1. The Labute approximate surface area is 173 Å². The van der Waals surface area contributed by atoms with Gasteiger partial charge in [-0.25, -0.2) is 4.39 Å². The molecule has 4 rings (SSSR count). The minimum atomic E-state index is -0.312. The zero-order valence-corrected chi connectivity index (χ0v) is 17.6. The molecule has 1 amide bonds. The van der Waals surface area contributed by atoms with Crippen molar-refractivity contribution in [2.45, 2.75) is 70.8 Å². The van der Waals surface area contributed by atoms with Gasteiger partial charge in [0.25, 0.3) is 0 Å². The van der Waals surface area contributed by atoms with E-state index >= 15 is 0 Å². The Morgan fingerprint density at radius 1 is 1.17 bits per heavy atom. The Balaban J connectivity index is 1.21. The highest BCUT2D eigenvalue weighted by molar-refractivity contribution is 5.92.